The minimum Gasteiger partial charge on any atom is -0.472 e. The van der Waals surface area contributed by atoms with Crippen LogP contribution in [0.1, 0.15) is 22.5 Å². The number of hydrogen-bond donors (Lipinski definition) is 4. The lowest BCUT2D eigenvalue weighted by atomic mass is 10.0. The third-order valence-corrected chi connectivity index (χ3v) is 6.92. The maximum absolute atomic E-state index is 12.6. The van der Waals surface area contributed by atoms with E-state index >= 15 is 0 Å². The molecule has 0 radical (unpaired) electrons. The molecule has 0 saturated heterocycles. The molecule has 7 rings (SSSR count). The fraction of sp³-hybridized carbons (Fsp3) is 0.0645. The zero-order chi connectivity index (χ0) is 27.8. The number of carbonyl (C=O) groups excluding carboxylic acids is 1. The molecule has 41 heavy (non-hydrogen) atoms. The van der Waals surface area contributed by atoms with E-state index in [0.717, 1.165) is 50.3 Å². The Hall–Kier alpha value is -5.77. The second-order valence-electron chi connectivity index (χ2n) is 9.79. The summed E-state index contributed by atoms with van der Waals surface area (Å²) in [5.74, 6) is 0.512. The topological polar surface area (TPSA) is 151 Å². The van der Waals surface area contributed by atoms with Gasteiger partial charge >= 0.3 is 0 Å². The summed E-state index contributed by atoms with van der Waals surface area (Å²) < 4.78 is 5.32. The number of allylic oxidation sites excluding steroid dienone is 3. The number of furan rings is 1. The SMILES string of the molecule is NC1=CC=C(c2ccoc2)c2nc(-c3[nH]nc4ncc(-c5cncc(NC(=O)Cc6ccccc6)c5)cc34)[nH]c2C1. The van der Waals surface area contributed by atoms with E-state index in [2.05, 4.69) is 30.5 Å². The van der Waals surface area contributed by atoms with Crippen LogP contribution < -0.4 is 11.1 Å². The molecular weight excluding hydrogens is 516 g/mol. The zero-order valence-electron chi connectivity index (χ0n) is 21.8. The second kappa shape index (κ2) is 10.1. The van der Waals surface area contributed by atoms with Crippen molar-refractivity contribution in [3.63, 3.8) is 0 Å². The molecule has 5 aromatic heterocycles. The van der Waals surface area contributed by atoms with E-state index in [9.17, 15) is 4.79 Å². The number of rotatable bonds is 6. The van der Waals surface area contributed by atoms with Crippen LogP contribution in [0.3, 0.4) is 0 Å². The molecule has 0 unspecified atom stereocenters. The summed E-state index contributed by atoms with van der Waals surface area (Å²) in [5, 5.41) is 11.2. The number of hydrogen-bond acceptors (Lipinski definition) is 7. The standard InChI is InChI=1S/C31H24N8O2/c32-22-6-7-24(19-8-9-41-17-19)28-26(13-22)36-31(37-28)29-25-12-21(15-34-30(25)39-38-29)20-11-23(16-33-14-20)35-27(40)10-18-4-2-1-3-5-18/h1-9,11-12,14-17H,10,13,32H2,(H,35,40)(H,36,37)(H,34,38,39). The van der Waals surface area contributed by atoms with Crippen LogP contribution >= 0.6 is 0 Å². The lowest BCUT2D eigenvalue weighted by molar-refractivity contribution is -0.115. The molecule has 5 N–H and O–H groups in total. The molecule has 1 aromatic carbocycles. The molecule has 5 heterocycles. The molecule has 10 heteroatoms. The number of aromatic nitrogens is 6. The molecule has 0 atom stereocenters. The molecule has 1 aliphatic carbocycles. The van der Waals surface area contributed by atoms with Crippen molar-refractivity contribution < 1.29 is 9.21 Å². The highest BCUT2D eigenvalue weighted by atomic mass is 16.3. The number of nitrogens with zero attached hydrogens (tertiary/aromatic N) is 4. The van der Waals surface area contributed by atoms with Crippen LogP contribution in [0, 0.1) is 0 Å². The normalized spacial score (nSPS) is 12.9. The Kier molecular flexibility index (Phi) is 5.97. The summed E-state index contributed by atoms with van der Waals surface area (Å²) in [6, 6.07) is 15.4. The first-order valence-corrected chi connectivity index (χ1v) is 13.0. The number of carbonyl (C=O) groups is 1. The molecule has 1 aliphatic rings. The van der Waals surface area contributed by atoms with Crippen molar-refractivity contribution in [3.05, 3.63) is 120 Å². The minimum atomic E-state index is -0.113. The number of nitrogens with two attached hydrogens (primary N) is 1. The third-order valence-electron chi connectivity index (χ3n) is 6.92. The van der Waals surface area contributed by atoms with Crippen LogP contribution in [0.25, 0.3) is 39.3 Å². The number of imidazole rings is 1. The van der Waals surface area contributed by atoms with Crippen LogP contribution in [0.15, 0.2) is 102 Å². The molecule has 1 amide bonds. The number of pyridine rings is 2. The molecule has 0 spiro atoms. The average Bonchev–Trinajstić information content (AvgIpc) is 3.73. The van der Waals surface area contributed by atoms with Gasteiger partial charge in [0.1, 0.15) is 5.69 Å². The molecule has 0 aliphatic heterocycles. The largest absolute Gasteiger partial charge is 0.472 e. The maximum atomic E-state index is 12.6. The lowest BCUT2D eigenvalue weighted by Gasteiger charge is -2.07. The van der Waals surface area contributed by atoms with Crippen molar-refractivity contribution in [3.8, 4) is 22.6 Å². The fourth-order valence-electron chi connectivity index (χ4n) is 4.95. The maximum Gasteiger partial charge on any atom is 0.228 e. The summed E-state index contributed by atoms with van der Waals surface area (Å²) in [5.41, 5.74) is 14.9. The number of aromatic amines is 2. The molecule has 0 saturated carbocycles. The van der Waals surface area contributed by atoms with Gasteiger partial charge in [-0.3, -0.25) is 14.9 Å². The summed E-state index contributed by atoms with van der Waals surface area (Å²) in [6.45, 7) is 0. The lowest BCUT2D eigenvalue weighted by Crippen LogP contribution is -2.14. The van der Waals surface area contributed by atoms with Gasteiger partial charge in [0.05, 0.1) is 41.9 Å². The van der Waals surface area contributed by atoms with Gasteiger partial charge in [-0.25, -0.2) is 9.97 Å². The summed E-state index contributed by atoms with van der Waals surface area (Å²) in [7, 11) is 0. The number of benzene rings is 1. The average molecular weight is 541 g/mol. The summed E-state index contributed by atoms with van der Waals surface area (Å²) in [4.78, 5) is 29.9. The summed E-state index contributed by atoms with van der Waals surface area (Å²) >= 11 is 0. The van der Waals surface area contributed by atoms with Gasteiger partial charge in [0, 0.05) is 52.5 Å². The third kappa shape index (κ3) is 4.78. The second-order valence-corrected chi connectivity index (χ2v) is 9.79. The molecule has 10 nitrogen and oxygen atoms in total. The number of nitrogens with one attached hydrogen (secondary N) is 3. The predicted octanol–water partition coefficient (Wildman–Crippen LogP) is 5.01. The van der Waals surface area contributed by atoms with Crippen molar-refractivity contribution in [2.45, 2.75) is 12.8 Å². The van der Waals surface area contributed by atoms with Gasteiger partial charge in [0.25, 0.3) is 0 Å². The van der Waals surface area contributed by atoms with Crippen LogP contribution in [0.5, 0.6) is 0 Å². The van der Waals surface area contributed by atoms with Crippen molar-refractivity contribution in [1.29, 1.82) is 0 Å². The van der Waals surface area contributed by atoms with E-state index in [-0.39, 0.29) is 12.3 Å². The number of H-pyrrole nitrogens is 2. The number of fused-ring (bicyclic) bond motifs is 2. The first kappa shape index (κ1) is 24.3. The number of amides is 1. The molecular formula is C31H24N8O2. The quantitative estimate of drug-likeness (QED) is 0.232. The Bertz CT molecular complexity index is 1950. The van der Waals surface area contributed by atoms with E-state index in [1.165, 1.54) is 0 Å². The van der Waals surface area contributed by atoms with Crippen LogP contribution in [-0.4, -0.2) is 36.0 Å². The van der Waals surface area contributed by atoms with Gasteiger partial charge in [-0.1, -0.05) is 36.4 Å². The molecule has 6 aromatic rings. The van der Waals surface area contributed by atoms with E-state index in [0.29, 0.717) is 29.3 Å². The number of anilines is 1. The smallest absolute Gasteiger partial charge is 0.228 e. The van der Waals surface area contributed by atoms with E-state index in [1.54, 1.807) is 31.1 Å². The Balaban J connectivity index is 1.20. The molecule has 0 fully saturated rings. The fourth-order valence-corrected chi connectivity index (χ4v) is 4.95. The zero-order valence-corrected chi connectivity index (χ0v) is 21.8. The van der Waals surface area contributed by atoms with Crippen LogP contribution in [0.2, 0.25) is 0 Å². The first-order chi connectivity index (χ1) is 20.1. The monoisotopic (exact) mass is 540 g/mol. The van der Waals surface area contributed by atoms with E-state index in [4.69, 9.17) is 15.1 Å². The predicted molar refractivity (Wildman–Crippen MR) is 155 cm³/mol. The highest BCUT2D eigenvalue weighted by molar-refractivity contribution is 5.94. The van der Waals surface area contributed by atoms with Crippen molar-refractivity contribution in [2.75, 3.05) is 5.32 Å². The van der Waals surface area contributed by atoms with Crippen molar-refractivity contribution >= 4 is 28.2 Å². The van der Waals surface area contributed by atoms with Gasteiger partial charge in [-0.15, -0.1) is 0 Å². The Morgan fingerprint density at radius 3 is 2.76 bits per heavy atom. The Labute approximate surface area is 234 Å². The Morgan fingerprint density at radius 1 is 1.02 bits per heavy atom. The van der Waals surface area contributed by atoms with Gasteiger partial charge in [0.15, 0.2) is 11.5 Å². The van der Waals surface area contributed by atoms with Crippen molar-refractivity contribution in [2.24, 2.45) is 5.73 Å². The highest BCUT2D eigenvalue weighted by Crippen LogP contribution is 2.33. The first-order valence-electron chi connectivity index (χ1n) is 13.0. The van der Waals surface area contributed by atoms with E-state index < -0.39 is 0 Å². The van der Waals surface area contributed by atoms with Gasteiger partial charge in [0.2, 0.25) is 5.91 Å². The highest BCUT2D eigenvalue weighted by Gasteiger charge is 2.22. The van der Waals surface area contributed by atoms with Gasteiger partial charge < -0.3 is 20.5 Å². The molecule has 200 valence electrons. The van der Waals surface area contributed by atoms with Crippen molar-refractivity contribution in [1.82, 2.24) is 30.1 Å². The van der Waals surface area contributed by atoms with Gasteiger partial charge in [-0.05, 0) is 29.8 Å². The van der Waals surface area contributed by atoms with E-state index in [1.807, 2.05) is 60.7 Å². The van der Waals surface area contributed by atoms with Crippen LogP contribution in [-0.2, 0) is 17.6 Å². The molecule has 0 bridgehead atoms. The van der Waals surface area contributed by atoms with Crippen LogP contribution in [0.4, 0.5) is 5.69 Å². The minimum absolute atomic E-state index is 0.113. The van der Waals surface area contributed by atoms with Gasteiger partial charge in [-0.2, -0.15) is 5.10 Å². The Morgan fingerprint density at radius 2 is 1.90 bits per heavy atom. The summed E-state index contributed by atoms with van der Waals surface area (Å²) in [6.07, 6.45) is 13.1.